The van der Waals surface area contributed by atoms with Gasteiger partial charge in [-0.2, -0.15) is 0 Å². The minimum atomic E-state index is 0. The second kappa shape index (κ2) is 14.7. The molecule has 0 saturated carbocycles. The van der Waals surface area contributed by atoms with Gasteiger partial charge >= 0.3 is 0 Å². The minimum absolute atomic E-state index is 0. The number of quaternary nitrogens is 2. The predicted octanol–water partition coefficient (Wildman–Crippen LogP) is 0.0728. The highest BCUT2D eigenvalue weighted by Gasteiger charge is 2.32. The fourth-order valence-corrected chi connectivity index (χ4v) is 4.49. The Morgan fingerprint density at radius 2 is 0.722 bits per heavy atom. The summed E-state index contributed by atoms with van der Waals surface area (Å²) in [5.41, 5.74) is 0. The number of hydrogen-bond acceptors (Lipinski definition) is 4. The first-order valence-corrected chi connectivity index (χ1v) is 12.0. The Bertz CT molecular complexity index is 960. The van der Waals surface area contributed by atoms with Crippen LogP contribution in [-0.4, -0.2) is 47.1 Å². The van der Waals surface area contributed by atoms with E-state index < -0.39 is 0 Å². The second-order valence-corrected chi connectivity index (χ2v) is 9.00. The molecule has 4 rings (SSSR count). The van der Waals surface area contributed by atoms with E-state index in [0.29, 0.717) is 8.97 Å². The van der Waals surface area contributed by atoms with Crippen LogP contribution in [0.25, 0.3) is 0 Å². The van der Waals surface area contributed by atoms with Crippen molar-refractivity contribution >= 4 is 23.3 Å². The summed E-state index contributed by atoms with van der Waals surface area (Å²) in [6, 6.07) is 24.4. The summed E-state index contributed by atoms with van der Waals surface area (Å²) in [4.78, 5) is 18.6. The molecule has 0 fully saturated rings. The molecular formula is C28H34I2N6. The molecule has 0 unspecified atom stereocenters. The molecule has 0 aliphatic heterocycles. The molecule has 36 heavy (non-hydrogen) atoms. The van der Waals surface area contributed by atoms with Gasteiger partial charge in [-0.3, -0.25) is 0 Å². The molecule has 0 bridgehead atoms. The average molecular weight is 708 g/mol. The Balaban J connectivity index is 0.00000228. The fraction of sp³-hybridized carbons (Fsp3) is 0.286. The zero-order valence-electron chi connectivity index (χ0n) is 20.9. The van der Waals surface area contributed by atoms with Crippen molar-refractivity contribution in [3.63, 3.8) is 0 Å². The lowest BCUT2D eigenvalue weighted by Gasteiger charge is -2.31. The van der Waals surface area contributed by atoms with Gasteiger partial charge in [0.1, 0.15) is 0 Å². The molecule has 0 amide bonds. The molecule has 4 aromatic rings. The quantitative estimate of drug-likeness (QED) is 0.126. The van der Waals surface area contributed by atoms with E-state index >= 15 is 0 Å². The topological polar surface area (TPSA) is 51.6 Å². The number of halogens is 2. The Kier molecular flexibility index (Phi) is 12.3. The van der Waals surface area contributed by atoms with Crippen LogP contribution in [0.3, 0.4) is 0 Å². The van der Waals surface area contributed by atoms with Gasteiger partial charge in [-0.15, -0.1) is 0 Å². The summed E-state index contributed by atoms with van der Waals surface area (Å²) in [6.45, 7) is 1.92. The maximum atomic E-state index is 4.66. The van der Waals surface area contributed by atoms with E-state index in [1.54, 1.807) is 0 Å². The van der Waals surface area contributed by atoms with E-state index in [0.717, 1.165) is 62.0 Å². The lowest BCUT2D eigenvalue weighted by atomic mass is 10.1. The molecule has 0 aromatic carbocycles. The summed E-state index contributed by atoms with van der Waals surface area (Å²) in [6.07, 6.45) is 12.0. The van der Waals surface area contributed by atoms with Crippen molar-refractivity contribution < 1.29 is 48.0 Å². The Morgan fingerprint density at radius 3 is 0.944 bits per heavy atom. The minimum Gasteiger partial charge on any atom is -1.00 e. The van der Waals surface area contributed by atoms with Gasteiger partial charge in [-0.05, 0) is 49.9 Å². The van der Waals surface area contributed by atoms with Gasteiger partial charge in [0.2, 0.25) is 23.3 Å². The Labute approximate surface area is 249 Å². The molecule has 4 heterocycles. The molecule has 4 aromatic heterocycles. The summed E-state index contributed by atoms with van der Waals surface area (Å²) < 4.78 is 1.22. The first-order valence-electron chi connectivity index (χ1n) is 12.0. The van der Waals surface area contributed by atoms with Crippen molar-refractivity contribution in [3.05, 3.63) is 97.6 Å². The number of hydrogen-bond donors (Lipinski definition) is 0. The highest BCUT2D eigenvalue weighted by molar-refractivity contribution is 5.50. The van der Waals surface area contributed by atoms with Gasteiger partial charge in [0.15, 0.2) is 0 Å². The van der Waals surface area contributed by atoms with Crippen LogP contribution >= 0.6 is 0 Å². The van der Waals surface area contributed by atoms with E-state index in [4.69, 9.17) is 0 Å². The van der Waals surface area contributed by atoms with Crippen molar-refractivity contribution in [2.75, 3.05) is 27.2 Å². The molecular weight excluding hydrogens is 674 g/mol. The molecule has 8 heteroatoms. The van der Waals surface area contributed by atoms with Gasteiger partial charge < -0.3 is 48.0 Å². The third kappa shape index (κ3) is 7.27. The van der Waals surface area contributed by atoms with Gasteiger partial charge in [-0.1, -0.05) is 24.3 Å². The van der Waals surface area contributed by atoms with Crippen LogP contribution in [0.15, 0.2) is 97.6 Å². The van der Waals surface area contributed by atoms with Crippen LogP contribution in [0.4, 0.5) is 23.3 Å². The second-order valence-electron chi connectivity index (χ2n) is 9.00. The monoisotopic (exact) mass is 708 g/mol. The van der Waals surface area contributed by atoms with Gasteiger partial charge in [0, 0.05) is 49.1 Å². The van der Waals surface area contributed by atoms with E-state index in [-0.39, 0.29) is 48.0 Å². The molecule has 0 saturated heterocycles. The van der Waals surface area contributed by atoms with Crippen LogP contribution in [-0.2, 0) is 0 Å². The van der Waals surface area contributed by atoms with Crippen molar-refractivity contribution in [1.82, 2.24) is 28.9 Å². The number of rotatable bonds is 11. The molecule has 0 aliphatic carbocycles. The van der Waals surface area contributed by atoms with Crippen molar-refractivity contribution in [1.29, 1.82) is 0 Å². The van der Waals surface area contributed by atoms with Gasteiger partial charge in [0.25, 0.3) is 0 Å². The van der Waals surface area contributed by atoms with Crippen LogP contribution in [0, 0.1) is 0 Å². The lowest BCUT2D eigenvalue weighted by molar-refractivity contribution is -0.00100. The molecule has 0 spiro atoms. The predicted molar refractivity (Wildman–Crippen MR) is 140 cm³/mol. The molecule has 0 atom stereocenters. The molecule has 0 N–H and O–H groups in total. The first kappa shape index (κ1) is 30.2. The summed E-state index contributed by atoms with van der Waals surface area (Å²) >= 11 is 0. The SMILES string of the molecule is C[N+](CCCCCC[N+](C)(c1ccccn1)c1ccccn1)(c1ccccn1)c1ccccn1.[I-].[I-]. The number of pyridine rings is 4. The third-order valence-electron chi connectivity index (χ3n) is 6.58. The Morgan fingerprint density at radius 1 is 0.444 bits per heavy atom. The zero-order valence-corrected chi connectivity index (χ0v) is 25.2. The van der Waals surface area contributed by atoms with Crippen molar-refractivity contribution in [2.24, 2.45) is 0 Å². The molecule has 0 aliphatic rings. The molecule has 0 radical (unpaired) electrons. The van der Waals surface area contributed by atoms with Crippen LogP contribution in [0.2, 0.25) is 0 Å². The summed E-state index contributed by atoms with van der Waals surface area (Å²) in [5.74, 6) is 4.10. The van der Waals surface area contributed by atoms with Crippen LogP contribution in [0.1, 0.15) is 25.7 Å². The smallest absolute Gasteiger partial charge is 0.233 e. The summed E-state index contributed by atoms with van der Waals surface area (Å²) in [5, 5.41) is 0. The van der Waals surface area contributed by atoms with Gasteiger partial charge in [0.05, 0.1) is 27.2 Å². The van der Waals surface area contributed by atoms with Crippen LogP contribution in [0.5, 0.6) is 0 Å². The fourth-order valence-electron chi connectivity index (χ4n) is 4.49. The summed E-state index contributed by atoms with van der Waals surface area (Å²) in [7, 11) is 4.42. The van der Waals surface area contributed by atoms with Gasteiger partial charge in [-0.25, -0.2) is 28.9 Å². The Hall–Kier alpha value is -2.02. The van der Waals surface area contributed by atoms with E-state index in [9.17, 15) is 0 Å². The number of nitrogens with zero attached hydrogens (tertiary/aromatic N) is 6. The zero-order chi connectivity index (χ0) is 23.7. The maximum Gasteiger partial charge on any atom is 0.233 e. The van der Waals surface area contributed by atoms with E-state index in [1.807, 2.05) is 49.1 Å². The molecule has 190 valence electrons. The van der Waals surface area contributed by atoms with E-state index in [1.165, 1.54) is 0 Å². The maximum absolute atomic E-state index is 4.66. The average Bonchev–Trinajstić information content (AvgIpc) is 2.92. The molecule has 6 nitrogen and oxygen atoms in total. The largest absolute Gasteiger partial charge is 1.00 e. The van der Waals surface area contributed by atoms with Crippen molar-refractivity contribution in [2.45, 2.75) is 25.7 Å². The number of unbranched alkanes of at least 4 members (excludes halogenated alkanes) is 3. The third-order valence-corrected chi connectivity index (χ3v) is 6.58. The van der Waals surface area contributed by atoms with Crippen LogP contribution < -0.4 is 56.9 Å². The lowest BCUT2D eigenvalue weighted by Crippen LogP contribution is -3.00. The van der Waals surface area contributed by atoms with E-state index in [2.05, 4.69) is 82.6 Å². The highest BCUT2D eigenvalue weighted by atomic mass is 127. The normalized spacial score (nSPS) is 11.3. The standard InChI is InChI=1S/C28H34N6.2HI/c1-33(25-15-5-9-19-29-25,26-16-6-10-20-30-26)23-13-3-4-14-24-34(2,27-17-7-11-21-31-27)28-18-8-12-22-32-28;;/h5-12,15-22H,3-4,13-14,23-24H2,1-2H3;2*1H/q+2;;/p-2. The highest BCUT2D eigenvalue weighted by Crippen LogP contribution is 2.31. The van der Waals surface area contributed by atoms with Crippen molar-refractivity contribution in [3.8, 4) is 0 Å². The first-order chi connectivity index (χ1) is 16.6. The number of aromatic nitrogens is 4.